The maximum Gasteiger partial charge on any atom is 0.425 e. The summed E-state index contributed by atoms with van der Waals surface area (Å²) in [6, 6.07) is 1.03. The highest BCUT2D eigenvalue weighted by atomic mass is 19.4. The van der Waals surface area contributed by atoms with E-state index in [9.17, 15) is 18.0 Å². The van der Waals surface area contributed by atoms with Crippen LogP contribution in [0.25, 0.3) is 0 Å². The minimum atomic E-state index is -4.48. The second kappa shape index (κ2) is 3.56. The van der Waals surface area contributed by atoms with Crippen molar-refractivity contribution in [3.05, 3.63) is 18.0 Å². The van der Waals surface area contributed by atoms with Crippen molar-refractivity contribution in [2.24, 2.45) is 0 Å². The first-order chi connectivity index (χ1) is 6.38. The molecular formula is C6H5F3N2O3. The summed E-state index contributed by atoms with van der Waals surface area (Å²) in [5.74, 6) is -1.33. The van der Waals surface area contributed by atoms with Crippen LogP contribution in [-0.2, 0) is 0 Å². The first-order valence-corrected chi connectivity index (χ1v) is 3.37. The van der Waals surface area contributed by atoms with Gasteiger partial charge in [-0.1, -0.05) is 0 Å². The Labute approximate surface area is 75.7 Å². The summed E-state index contributed by atoms with van der Waals surface area (Å²) in [4.78, 5) is 14.8. The Morgan fingerprint density at radius 3 is 2.71 bits per heavy atom. The Bertz CT molecular complexity index is 333. The van der Waals surface area contributed by atoms with Gasteiger partial charge in [0.15, 0.2) is 5.69 Å². The Kier molecular flexibility index (Phi) is 2.63. The highest BCUT2D eigenvalue weighted by molar-refractivity contribution is 5.84. The van der Waals surface area contributed by atoms with Crippen LogP contribution in [0, 0.1) is 0 Å². The molecule has 0 radical (unpaired) electrons. The first-order valence-electron chi connectivity index (χ1n) is 3.37. The molecule has 0 atom stereocenters. The predicted octanol–water partition coefficient (Wildman–Crippen LogP) is 0.572. The van der Waals surface area contributed by atoms with Crippen LogP contribution in [0.2, 0.25) is 0 Å². The molecule has 0 saturated heterocycles. The zero-order chi connectivity index (χ0) is 10.8. The third kappa shape index (κ3) is 2.96. The smallest absolute Gasteiger partial charge is 0.425 e. The topological polar surface area (TPSA) is 64.3 Å². The molecule has 1 rings (SSSR count). The van der Waals surface area contributed by atoms with Gasteiger partial charge in [-0.05, 0) is 6.07 Å². The zero-order valence-electron chi connectivity index (χ0n) is 6.65. The van der Waals surface area contributed by atoms with Crippen LogP contribution in [-0.4, -0.2) is 33.8 Å². The van der Waals surface area contributed by atoms with Gasteiger partial charge in [0.25, 0.3) is 0 Å². The monoisotopic (exact) mass is 210 g/mol. The molecule has 1 aromatic rings. The fourth-order valence-corrected chi connectivity index (χ4v) is 0.633. The zero-order valence-corrected chi connectivity index (χ0v) is 6.65. The molecule has 78 valence electrons. The standard InChI is InChI=1S/C6H5F3N2O3/c7-6(8,9)3-14-11-2-1-4(10-11)5(12)13/h1-2H,3H2,(H,12,13). The average Bonchev–Trinajstić information content (AvgIpc) is 2.47. The molecule has 8 heteroatoms. The second-order valence-electron chi connectivity index (χ2n) is 2.30. The highest BCUT2D eigenvalue weighted by Gasteiger charge is 2.29. The lowest BCUT2D eigenvalue weighted by Gasteiger charge is -2.07. The van der Waals surface area contributed by atoms with E-state index in [0.29, 0.717) is 4.85 Å². The Balaban J connectivity index is 2.56. The number of hydrogen-bond donors (Lipinski definition) is 1. The van der Waals surface area contributed by atoms with Gasteiger partial charge >= 0.3 is 12.1 Å². The SMILES string of the molecule is O=C(O)c1ccn(OCC(F)(F)F)n1. The third-order valence-electron chi connectivity index (χ3n) is 1.15. The summed E-state index contributed by atoms with van der Waals surface area (Å²) in [5.41, 5.74) is -0.382. The lowest BCUT2D eigenvalue weighted by atomic mass is 10.5. The van der Waals surface area contributed by atoms with Crippen LogP contribution in [0.3, 0.4) is 0 Å². The number of carbonyl (C=O) groups is 1. The van der Waals surface area contributed by atoms with Gasteiger partial charge in [0.2, 0.25) is 6.61 Å². The lowest BCUT2D eigenvalue weighted by molar-refractivity contribution is -0.178. The van der Waals surface area contributed by atoms with E-state index in [-0.39, 0.29) is 5.69 Å². The molecule has 0 unspecified atom stereocenters. The van der Waals surface area contributed by atoms with Crippen molar-refractivity contribution in [2.75, 3.05) is 6.61 Å². The molecule has 0 aliphatic heterocycles. The first kappa shape index (κ1) is 10.4. The van der Waals surface area contributed by atoms with Gasteiger partial charge in [-0.3, -0.25) is 0 Å². The summed E-state index contributed by atoms with van der Waals surface area (Å²) in [6.45, 7) is -1.52. The molecule has 1 aromatic heterocycles. The Morgan fingerprint density at radius 2 is 2.29 bits per heavy atom. The molecule has 0 bridgehead atoms. The Hall–Kier alpha value is -1.73. The molecule has 0 aromatic carbocycles. The maximum absolute atomic E-state index is 11.6. The minimum absolute atomic E-state index is 0.382. The molecule has 0 fully saturated rings. The van der Waals surface area contributed by atoms with E-state index < -0.39 is 18.8 Å². The van der Waals surface area contributed by atoms with E-state index in [1.807, 2.05) is 0 Å². The Morgan fingerprint density at radius 1 is 1.64 bits per heavy atom. The van der Waals surface area contributed by atoms with Crippen molar-refractivity contribution >= 4 is 5.97 Å². The van der Waals surface area contributed by atoms with E-state index in [1.54, 1.807) is 0 Å². The van der Waals surface area contributed by atoms with Crippen LogP contribution >= 0.6 is 0 Å². The summed E-state index contributed by atoms with van der Waals surface area (Å²) in [7, 11) is 0. The van der Waals surface area contributed by atoms with Crippen molar-refractivity contribution in [1.29, 1.82) is 0 Å². The largest absolute Gasteiger partial charge is 0.476 e. The average molecular weight is 210 g/mol. The van der Waals surface area contributed by atoms with E-state index in [0.717, 1.165) is 12.3 Å². The van der Waals surface area contributed by atoms with Crippen LogP contribution in [0.1, 0.15) is 10.5 Å². The van der Waals surface area contributed by atoms with Crippen molar-refractivity contribution in [3.8, 4) is 0 Å². The summed E-state index contributed by atoms with van der Waals surface area (Å²) < 4.78 is 34.9. The molecule has 0 aliphatic carbocycles. The van der Waals surface area contributed by atoms with Crippen molar-refractivity contribution in [3.63, 3.8) is 0 Å². The van der Waals surface area contributed by atoms with E-state index in [1.165, 1.54) is 0 Å². The molecule has 1 heterocycles. The van der Waals surface area contributed by atoms with Gasteiger partial charge in [-0.2, -0.15) is 13.2 Å². The van der Waals surface area contributed by atoms with Crippen LogP contribution in [0.4, 0.5) is 13.2 Å². The molecule has 5 nitrogen and oxygen atoms in total. The summed E-state index contributed by atoms with van der Waals surface area (Å²) in [5, 5.41) is 11.6. The van der Waals surface area contributed by atoms with Gasteiger partial charge in [-0.25, -0.2) is 4.79 Å². The molecule has 14 heavy (non-hydrogen) atoms. The number of halogens is 3. The van der Waals surface area contributed by atoms with Crippen LogP contribution in [0.15, 0.2) is 12.3 Å². The third-order valence-corrected chi connectivity index (χ3v) is 1.15. The normalized spacial score (nSPS) is 11.4. The lowest BCUT2D eigenvalue weighted by Crippen LogP contribution is -2.26. The van der Waals surface area contributed by atoms with Gasteiger partial charge in [0.1, 0.15) is 0 Å². The van der Waals surface area contributed by atoms with Crippen molar-refractivity contribution < 1.29 is 27.9 Å². The van der Waals surface area contributed by atoms with Gasteiger partial charge < -0.3 is 9.94 Å². The molecule has 0 spiro atoms. The van der Waals surface area contributed by atoms with Crippen LogP contribution in [0.5, 0.6) is 0 Å². The summed E-state index contributed by atoms with van der Waals surface area (Å²) >= 11 is 0. The summed E-state index contributed by atoms with van der Waals surface area (Å²) in [6.07, 6.45) is -3.50. The molecule has 0 amide bonds. The number of aromatic nitrogens is 2. The van der Waals surface area contributed by atoms with Crippen molar-refractivity contribution in [1.82, 2.24) is 9.94 Å². The predicted molar refractivity (Wildman–Crippen MR) is 36.7 cm³/mol. The number of nitrogens with zero attached hydrogens (tertiary/aromatic N) is 2. The molecular weight excluding hydrogens is 205 g/mol. The minimum Gasteiger partial charge on any atom is -0.476 e. The van der Waals surface area contributed by atoms with Crippen molar-refractivity contribution in [2.45, 2.75) is 6.18 Å². The number of carboxylic acids is 1. The van der Waals surface area contributed by atoms with Gasteiger partial charge in [0.05, 0.1) is 6.20 Å². The number of rotatable bonds is 3. The molecule has 0 saturated carbocycles. The second-order valence-corrected chi connectivity index (χ2v) is 2.30. The van der Waals surface area contributed by atoms with Crippen LogP contribution < -0.4 is 4.84 Å². The van der Waals surface area contributed by atoms with E-state index >= 15 is 0 Å². The van der Waals surface area contributed by atoms with Gasteiger partial charge in [0, 0.05) is 0 Å². The highest BCUT2D eigenvalue weighted by Crippen LogP contribution is 2.12. The number of carboxylic acid groups (broad SMARTS) is 1. The fraction of sp³-hybridized carbons (Fsp3) is 0.333. The number of aromatic carboxylic acids is 1. The van der Waals surface area contributed by atoms with E-state index in [2.05, 4.69) is 9.94 Å². The molecule has 1 N–H and O–H groups in total. The number of hydrogen-bond acceptors (Lipinski definition) is 3. The maximum atomic E-state index is 11.6. The van der Waals surface area contributed by atoms with Gasteiger partial charge in [-0.15, -0.1) is 9.94 Å². The van der Waals surface area contributed by atoms with E-state index in [4.69, 9.17) is 5.11 Å². The number of alkyl halides is 3. The fourth-order valence-electron chi connectivity index (χ4n) is 0.633. The quantitative estimate of drug-likeness (QED) is 0.792. The molecule has 0 aliphatic rings.